The molecule has 1 aromatic carbocycles. The van der Waals surface area contributed by atoms with Gasteiger partial charge in [0.15, 0.2) is 0 Å². The van der Waals surface area contributed by atoms with E-state index >= 15 is 0 Å². The minimum atomic E-state index is 0.908. The molecule has 1 aliphatic heterocycles. The van der Waals surface area contributed by atoms with Gasteiger partial charge in [-0.15, -0.1) is 0 Å². The number of H-pyrrole nitrogens is 1. The first-order valence-electron chi connectivity index (χ1n) is 9.34. The highest BCUT2D eigenvalue weighted by Crippen LogP contribution is 2.30. The molecule has 3 aromatic heterocycles. The fourth-order valence-electron chi connectivity index (χ4n) is 3.77. The molecule has 1 N–H and O–H groups in total. The number of likely N-dealkylation sites (N-methyl/N-ethyl adjacent to an activating group) is 1. The van der Waals surface area contributed by atoms with E-state index in [1.807, 2.05) is 18.5 Å². The van der Waals surface area contributed by atoms with Gasteiger partial charge in [-0.3, -0.25) is 14.9 Å². The summed E-state index contributed by atoms with van der Waals surface area (Å²) < 4.78 is 0. The maximum Gasteiger partial charge on any atom is 0.137 e. The Morgan fingerprint density at radius 3 is 2.63 bits per heavy atom. The van der Waals surface area contributed by atoms with Crippen LogP contribution in [0.15, 0.2) is 49.1 Å². The van der Waals surface area contributed by atoms with E-state index in [0.29, 0.717) is 0 Å². The van der Waals surface area contributed by atoms with Crippen molar-refractivity contribution in [3.8, 4) is 11.1 Å². The topological polar surface area (TPSA) is 60.9 Å². The lowest BCUT2D eigenvalue weighted by atomic mass is 10.0. The van der Waals surface area contributed by atoms with Gasteiger partial charge in [0.05, 0.1) is 11.0 Å². The van der Waals surface area contributed by atoms with Gasteiger partial charge >= 0.3 is 0 Å². The van der Waals surface area contributed by atoms with Crippen molar-refractivity contribution < 1.29 is 0 Å². The van der Waals surface area contributed by atoms with E-state index < -0.39 is 0 Å². The number of nitrogens with one attached hydrogen (secondary N) is 1. The third kappa shape index (κ3) is 3.18. The molecular formula is C21H22N6. The standard InChI is InChI=1S/C21H22N6/c1-26-6-8-27(9-7-26)14-15-10-17-18(13-25-21(17)24-12-15)16-2-3-19-20(11-16)23-5-4-22-19/h2-5,10-13H,6-9,14H2,1H3,(H,24,25). The maximum absolute atomic E-state index is 4.65. The van der Waals surface area contributed by atoms with Crippen molar-refractivity contribution in [3.05, 3.63) is 54.6 Å². The number of hydrogen-bond donors (Lipinski definition) is 1. The highest BCUT2D eigenvalue weighted by Gasteiger charge is 2.15. The van der Waals surface area contributed by atoms with E-state index in [1.165, 1.54) is 5.56 Å². The second-order valence-corrected chi connectivity index (χ2v) is 7.28. The molecule has 1 saturated heterocycles. The molecule has 0 aliphatic carbocycles. The van der Waals surface area contributed by atoms with Gasteiger partial charge < -0.3 is 9.88 Å². The molecule has 0 bridgehead atoms. The number of aromatic amines is 1. The Hall–Kier alpha value is -2.83. The zero-order valence-electron chi connectivity index (χ0n) is 15.4. The van der Waals surface area contributed by atoms with Crippen molar-refractivity contribution in [2.45, 2.75) is 6.54 Å². The zero-order chi connectivity index (χ0) is 18.2. The Balaban J connectivity index is 1.49. The molecule has 0 atom stereocenters. The second kappa shape index (κ2) is 6.72. The van der Waals surface area contributed by atoms with E-state index in [2.05, 4.69) is 55.0 Å². The summed E-state index contributed by atoms with van der Waals surface area (Å²) in [6.45, 7) is 5.42. The van der Waals surface area contributed by atoms with Crippen molar-refractivity contribution in [1.82, 2.24) is 29.7 Å². The van der Waals surface area contributed by atoms with Crippen LogP contribution in [0.5, 0.6) is 0 Å². The molecule has 6 heteroatoms. The average Bonchev–Trinajstić information content (AvgIpc) is 3.13. The largest absolute Gasteiger partial charge is 0.346 e. The number of pyridine rings is 1. The molecule has 4 aromatic rings. The van der Waals surface area contributed by atoms with Gasteiger partial charge in [-0.05, 0) is 36.4 Å². The number of aromatic nitrogens is 4. The van der Waals surface area contributed by atoms with Gasteiger partial charge in [0, 0.05) is 68.5 Å². The average molecular weight is 358 g/mol. The predicted molar refractivity (Wildman–Crippen MR) is 107 cm³/mol. The Labute approximate surface area is 157 Å². The van der Waals surface area contributed by atoms with E-state index in [9.17, 15) is 0 Å². The third-order valence-corrected chi connectivity index (χ3v) is 5.37. The van der Waals surface area contributed by atoms with E-state index in [4.69, 9.17) is 0 Å². The summed E-state index contributed by atoms with van der Waals surface area (Å²) in [7, 11) is 2.19. The van der Waals surface area contributed by atoms with Gasteiger partial charge in [0.25, 0.3) is 0 Å². The molecule has 4 heterocycles. The molecule has 0 unspecified atom stereocenters. The van der Waals surface area contributed by atoms with Gasteiger partial charge in [0.1, 0.15) is 5.65 Å². The minimum absolute atomic E-state index is 0.908. The highest BCUT2D eigenvalue weighted by molar-refractivity contribution is 5.95. The highest BCUT2D eigenvalue weighted by atomic mass is 15.2. The van der Waals surface area contributed by atoms with Crippen LogP contribution >= 0.6 is 0 Å². The third-order valence-electron chi connectivity index (χ3n) is 5.37. The van der Waals surface area contributed by atoms with Crippen LogP contribution in [-0.4, -0.2) is 63.0 Å². The Morgan fingerprint density at radius 1 is 0.963 bits per heavy atom. The van der Waals surface area contributed by atoms with Crippen molar-refractivity contribution in [2.75, 3.05) is 33.2 Å². The quantitative estimate of drug-likeness (QED) is 0.610. The Kier molecular flexibility index (Phi) is 4.07. The molecule has 1 fully saturated rings. The summed E-state index contributed by atoms with van der Waals surface area (Å²) in [6, 6.07) is 8.50. The SMILES string of the molecule is CN1CCN(Cc2cnc3[nH]cc(-c4ccc5nccnc5c4)c3c2)CC1. The summed E-state index contributed by atoms with van der Waals surface area (Å²) >= 11 is 0. The van der Waals surface area contributed by atoms with Crippen LogP contribution in [0.25, 0.3) is 33.2 Å². The normalized spacial score (nSPS) is 16.3. The number of fused-ring (bicyclic) bond motifs is 2. The molecule has 0 radical (unpaired) electrons. The second-order valence-electron chi connectivity index (χ2n) is 7.28. The summed E-state index contributed by atoms with van der Waals surface area (Å²) in [5.41, 5.74) is 6.29. The fraction of sp³-hybridized carbons (Fsp3) is 0.286. The van der Waals surface area contributed by atoms with Crippen LogP contribution in [0, 0.1) is 0 Å². The van der Waals surface area contributed by atoms with Crippen molar-refractivity contribution in [3.63, 3.8) is 0 Å². The molecule has 27 heavy (non-hydrogen) atoms. The maximum atomic E-state index is 4.65. The lowest BCUT2D eigenvalue weighted by Crippen LogP contribution is -2.43. The van der Waals surface area contributed by atoms with Crippen LogP contribution in [0.3, 0.4) is 0 Å². The minimum Gasteiger partial charge on any atom is -0.346 e. The first-order valence-corrected chi connectivity index (χ1v) is 9.34. The van der Waals surface area contributed by atoms with Crippen LogP contribution in [-0.2, 0) is 6.54 Å². The zero-order valence-corrected chi connectivity index (χ0v) is 15.4. The molecule has 6 nitrogen and oxygen atoms in total. The lowest BCUT2D eigenvalue weighted by molar-refractivity contribution is 0.148. The molecule has 5 rings (SSSR count). The molecule has 0 spiro atoms. The Morgan fingerprint density at radius 2 is 1.78 bits per heavy atom. The van der Waals surface area contributed by atoms with Crippen molar-refractivity contribution in [1.29, 1.82) is 0 Å². The monoisotopic (exact) mass is 358 g/mol. The van der Waals surface area contributed by atoms with E-state index in [-0.39, 0.29) is 0 Å². The van der Waals surface area contributed by atoms with Crippen molar-refractivity contribution >= 4 is 22.1 Å². The first-order chi connectivity index (χ1) is 13.3. The molecular weight excluding hydrogens is 336 g/mol. The number of benzene rings is 1. The smallest absolute Gasteiger partial charge is 0.137 e. The summed E-state index contributed by atoms with van der Waals surface area (Å²) in [6.07, 6.45) is 7.49. The van der Waals surface area contributed by atoms with E-state index in [0.717, 1.165) is 65.9 Å². The van der Waals surface area contributed by atoms with Crippen LogP contribution in [0.4, 0.5) is 0 Å². The van der Waals surface area contributed by atoms with Crippen LogP contribution in [0.1, 0.15) is 5.56 Å². The van der Waals surface area contributed by atoms with Gasteiger partial charge in [-0.25, -0.2) is 4.98 Å². The summed E-state index contributed by atoms with van der Waals surface area (Å²) in [4.78, 5) is 21.6. The molecule has 0 amide bonds. The summed E-state index contributed by atoms with van der Waals surface area (Å²) in [5.74, 6) is 0. The van der Waals surface area contributed by atoms with Gasteiger partial charge in [-0.2, -0.15) is 0 Å². The van der Waals surface area contributed by atoms with Crippen LogP contribution in [0.2, 0.25) is 0 Å². The fourth-order valence-corrected chi connectivity index (χ4v) is 3.77. The van der Waals surface area contributed by atoms with Gasteiger partial charge in [-0.1, -0.05) is 6.07 Å². The Bertz CT molecular complexity index is 1090. The number of piperazine rings is 1. The molecule has 0 saturated carbocycles. The molecule has 1 aliphatic rings. The first kappa shape index (κ1) is 16.4. The number of hydrogen-bond acceptors (Lipinski definition) is 5. The van der Waals surface area contributed by atoms with Gasteiger partial charge in [0.2, 0.25) is 0 Å². The van der Waals surface area contributed by atoms with Crippen LogP contribution < -0.4 is 0 Å². The van der Waals surface area contributed by atoms with E-state index in [1.54, 1.807) is 12.4 Å². The number of rotatable bonds is 3. The predicted octanol–water partition coefficient (Wildman–Crippen LogP) is 2.92. The van der Waals surface area contributed by atoms with Crippen molar-refractivity contribution in [2.24, 2.45) is 0 Å². The number of nitrogens with zero attached hydrogens (tertiary/aromatic N) is 5. The molecule has 136 valence electrons. The summed E-state index contributed by atoms with van der Waals surface area (Å²) in [5, 5.41) is 1.16. The lowest BCUT2D eigenvalue weighted by Gasteiger charge is -2.32.